The van der Waals surface area contributed by atoms with Gasteiger partial charge >= 0.3 is 0 Å². The zero-order chi connectivity index (χ0) is 11.9. The van der Waals surface area contributed by atoms with E-state index in [4.69, 9.17) is 0 Å². The molecule has 0 heterocycles. The van der Waals surface area contributed by atoms with Crippen molar-refractivity contribution in [3.8, 4) is 0 Å². The largest absolute Gasteiger partial charge is 0.0651 e. The van der Waals surface area contributed by atoms with E-state index in [0.717, 1.165) is 0 Å². The first-order valence-corrected chi connectivity index (χ1v) is 6.20. The normalized spacial score (nSPS) is 10.9. The van der Waals surface area contributed by atoms with Crippen LogP contribution in [0, 0.1) is 0 Å². The number of hydrogen-bond donors (Lipinski definition) is 0. The van der Waals surface area contributed by atoms with Gasteiger partial charge in [0, 0.05) is 0 Å². The molecule has 0 heteroatoms. The van der Waals surface area contributed by atoms with Crippen molar-refractivity contribution < 1.29 is 0 Å². The van der Waals surface area contributed by atoms with Crippen LogP contribution in [-0.2, 0) is 6.42 Å². The molecule has 0 radical (unpaired) electrons. The summed E-state index contributed by atoms with van der Waals surface area (Å²) in [7, 11) is 0. The average Bonchev–Trinajstić information content (AvgIpc) is 2.40. The fourth-order valence-electron chi connectivity index (χ4n) is 1.84. The van der Waals surface area contributed by atoms with Crippen LogP contribution in [0.15, 0.2) is 54.6 Å². The Balaban J connectivity index is 2.06. The van der Waals surface area contributed by atoms with Crippen LogP contribution in [0.1, 0.15) is 30.0 Å². The van der Waals surface area contributed by atoms with Crippen LogP contribution in [0.5, 0.6) is 0 Å². The van der Waals surface area contributed by atoms with E-state index in [1.165, 1.54) is 29.5 Å². The first-order chi connectivity index (χ1) is 8.38. The molecule has 0 saturated carbocycles. The highest BCUT2D eigenvalue weighted by molar-refractivity contribution is 5.69. The van der Waals surface area contributed by atoms with E-state index in [9.17, 15) is 0 Å². The molecule has 2 aromatic carbocycles. The fraction of sp³-hybridized carbons (Fsp3) is 0.176. The van der Waals surface area contributed by atoms with E-state index in [1.807, 2.05) is 6.07 Å². The van der Waals surface area contributed by atoms with Crippen molar-refractivity contribution in [1.82, 2.24) is 0 Å². The Bertz CT molecular complexity index is 463. The number of rotatable bonds is 4. The SMILES string of the molecule is CCCc1ccc(/C=C/c2ccccc2)cc1. The van der Waals surface area contributed by atoms with E-state index in [2.05, 4.69) is 67.6 Å². The summed E-state index contributed by atoms with van der Waals surface area (Å²) in [4.78, 5) is 0. The van der Waals surface area contributed by atoms with Crippen LogP contribution in [-0.4, -0.2) is 0 Å². The van der Waals surface area contributed by atoms with Crippen LogP contribution in [0.2, 0.25) is 0 Å². The molecule has 0 saturated heterocycles. The third kappa shape index (κ3) is 3.60. The first kappa shape index (κ1) is 11.7. The molecule has 17 heavy (non-hydrogen) atoms. The van der Waals surface area contributed by atoms with E-state index < -0.39 is 0 Å². The van der Waals surface area contributed by atoms with Gasteiger partial charge in [0.05, 0.1) is 0 Å². The molecule has 0 aliphatic carbocycles. The smallest absolute Gasteiger partial charge is 0.0256 e. The molecule has 0 amide bonds. The van der Waals surface area contributed by atoms with Gasteiger partial charge in [-0.3, -0.25) is 0 Å². The van der Waals surface area contributed by atoms with Crippen LogP contribution in [0.4, 0.5) is 0 Å². The molecule has 0 aliphatic rings. The Labute approximate surface area is 104 Å². The molecule has 2 rings (SSSR count). The second-order valence-corrected chi connectivity index (χ2v) is 4.24. The average molecular weight is 222 g/mol. The summed E-state index contributed by atoms with van der Waals surface area (Å²) < 4.78 is 0. The molecule has 86 valence electrons. The van der Waals surface area contributed by atoms with Crippen molar-refractivity contribution >= 4 is 12.2 Å². The van der Waals surface area contributed by atoms with Gasteiger partial charge in [0.2, 0.25) is 0 Å². The summed E-state index contributed by atoms with van der Waals surface area (Å²) in [6, 6.07) is 19.2. The van der Waals surface area contributed by atoms with Gasteiger partial charge in [0.15, 0.2) is 0 Å². The maximum Gasteiger partial charge on any atom is -0.0256 e. The van der Waals surface area contributed by atoms with E-state index in [1.54, 1.807) is 0 Å². The molecule has 0 aromatic heterocycles. The van der Waals surface area contributed by atoms with Gasteiger partial charge < -0.3 is 0 Å². The highest BCUT2D eigenvalue weighted by atomic mass is 14.0. The Morgan fingerprint density at radius 3 is 1.94 bits per heavy atom. The summed E-state index contributed by atoms with van der Waals surface area (Å²) in [6.07, 6.45) is 6.68. The third-order valence-electron chi connectivity index (χ3n) is 2.79. The predicted molar refractivity (Wildman–Crippen MR) is 75.8 cm³/mol. The molecular weight excluding hydrogens is 204 g/mol. The Hall–Kier alpha value is -1.82. The Kier molecular flexibility index (Phi) is 4.15. The van der Waals surface area contributed by atoms with Crippen LogP contribution >= 0.6 is 0 Å². The van der Waals surface area contributed by atoms with Crippen molar-refractivity contribution in [2.24, 2.45) is 0 Å². The highest BCUT2D eigenvalue weighted by Crippen LogP contribution is 2.10. The Morgan fingerprint density at radius 2 is 1.35 bits per heavy atom. The maximum atomic E-state index is 2.22. The molecule has 0 aliphatic heterocycles. The van der Waals surface area contributed by atoms with Crippen molar-refractivity contribution in [2.45, 2.75) is 19.8 Å². The zero-order valence-electron chi connectivity index (χ0n) is 10.3. The minimum absolute atomic E-state index is 1.17. The number of benzene rings is 2. The monoisotopic (exact) mass is 222 g/mol. The molecule has 2 aromatic rings. The number of aryl methyl sites for hydroxylation is 1. The van der Waals surface area contributed by atoms with Gasteiger partial charge in [-0.15, -0.1) is 0 Å². The molecular formula is C17H18. The summed E-state index contributed by atoms with van der Waals surface area (Å²) >= 11 is 0. The zero-order valence-corrected chi connectivity index (χ0v) is 10.3. The fourth-order valence-corrected chi connectivity index (χ4v) is 1.84. The standard InChI is InChI=1S/C17H18/c1-2-6-15-9-12-17(13-10-15)14-11-16-7-4-3-5-8-16/h3-5,7-14H,2,6H2,1H3/b14-11+. The summed E-state index contributed by atoms with van der Waals surface area (Å²) in [5.74, 6) is 0. The van der Waals surface area contributed by atoms with Gasteiger partial charge in [0.1, 0.15) is 0 Å². The lowest BCUT2D eigenvalue weighted by Crippen LogP contribution is -1.82. The molecule has 0 atom stereocenters. The van der Waals surface area contributed by atoms with Crippen molar-refractivity contribution in [3.63, 3.8) is 0 Å². The second-order valence-electron chi connectivity index (χ2n) is 4.24. The van der Waals surface area contributed by atoms with Gasteiger partial charge in [0.25, 0.3) is 0 Å². The predicted octanol–water partition coefficient (Wildman–Crippen LogP) is 4.81. The minimum atomic E-state index is 1.17. The van der Waals surface area contributed by atoms with Gasteiger partial charge in [-0.05, 0) is 23.1 Å². The van der Waals surface area contributed by atoms with E-state index in [-0.39, 0.29) is 0 Å². The quantitative estimate of drug-likeness (QED) is 0.651. The molecule has 0 nitrogen and oxygen atoms in total. The highest BCUT2D eigenvalue weighted by Gasteiger charge is 1.91. The van der Waals surface area contributed by atoms with Crippen molar-refractivity contribution in [1.29, 1.82) is 0 Å². The second kappa shape index (κ2) is 6.05. The van der Waals surface area contributed by atoms with Gasteiger partial charge in [-0.25, -0.2) is 0 Å². The van der Waals surface area contributed by atoms with Crippen molar-refractivity contribution in [2.75, 3.05) is 0 Å². The maximum absolute atomic E-state index is 2.22. The van der Waals surface area contributed by atoms with Gasteiger partial charge in [-0.1, -0.05) is 80.1 Å². The lowest BCUT2D eigenvalue weighted by Gasteiger charge is -1.99. The van der Waals surface area contributed by atoms with Crippen LogP contribution in [0.3, 0.4) is 0 Å². The molecule has 0 N–H and O–H groups in total. The van der Waals surface area contributed by atoms with Gasteiger partial charge in [-0.2, -0.15) is 0 Å². The van der Waals surface area contributed by atoms with E-state index >= 15 is 0 Å². The lowest BCUT2D eigenvalue weighted by molar-refractivity contribution is 0.922. The summed E-state index contributed by atoms with van der Waals surface area (Å²) in [6.45, 7) is 2.21. The topological polar surface area (TPSA) is 0 Å². The number of hydrogen-bond acceptors (Lipinski definition) is 0. The van der Waals surface area contributed by atoms with E-state index in [0.29, 0.717) is 0 Å². The summed E-state index contributed by atoms with van der Waals surface area (Å²) in [5.41, 5.74) is 3.92. The molecule has 0 bridgehead atoms. The van der Waals surface area contributed by atoms with Crippen LogP contribution < -0.4 is 0 Å². The molecule has 0 fully saturated rings. The molecule has 0 spiro atoms. The van der Waals surface area contributed by atoms with Crippen molar-refractivity contribution in [3.05, 3.63) is 71.3 Å². The first-order valence-electron chi connectivity index (χ1n) is 6.20. The molecule has 0 unspecified atom stereocenters. The lowest BCUT2D eigenvalue weighted by atomic mass is 10.1. The van der Waals surface area contributed by atoms with Crippen LogP contribution in [0.25, 0.3) is 12.2 Å². The Morgan fingerprint density at radius 1 is 0.765 bits per heavy atom. The summed E-state index contributed by atoms with van der Waals surface area (Å²) in [5, 5.41) is 0. The third-order valence-corrected chi connectivity index (χ3v) is 2.79. The minimum Gasteiger partial charge on any atom is -0.0651 e.